The zero-order chi connectivity index (χ0) is 14.6. The van der Waals surface area contributed by atoms with Crippen molar-refractivity contribution in [1.29, 1.82) is 0 Å². The van der Waals surface area contributed by atoms with E-state index in [2.05, 4.69) is 4.84 Å². The first-order chi connectivity index (χ1) is 8.82. The molecule has 6 nitrogen and oxygen atoms in total. The molecule has 0 bridgehead atoms. The fourth-order valence-electron chi connectivity index (χ4n) is 0.985. The number of carbonyl (C=O) groups is 2. The van der Waals surface area contributed by atoms with E-state index in [1.54, 1.807) is 0 Å². The van der Waals surface area contributed by atoms with Crippen LogP contribution in [0.3, 0.4) is 0 Å². The number of rotatable bonds is 4. The summed E-state index contributed by atoms with van der Waals surface area (Å²) in [6.45, 7) is -0.921. The number of benzene rings is 1. The van der Waals surface area contributed by atoms with Crippen molar-refractivity contribution in [3.05, 3.63) is 29.3 Å². The van der Waals surface area contributed by atoms with E-state index in [4.69, 9.17) is 5.11 Å². The molecule has 0 aliphatic rings. The van der Waals surface area contributed by atoms with Crippen molar-refractivity contribution in [3.8, 4) is 0 Å². The van der Waals surface area contributed by atoms with Crippen LogP contribution in [0.25, 0.3) is 0 Å². The highest BCUT2D eigenvalue weighted by molar-refractivity contribution is 5.88. The average Bonchev–Trinajstić information content (AvgIpc) is 2.32. The minimum atomic E-state index is -1.81. The van der Waals surface area contributed by atoms with Gasteiger partial charge in [0.2, 0.25) is 0 Å². The Morgan fingerprint density at radius 2 is 1.68 bits per heavy atom. The van der Waals surface area contributed by atoms with Gasteiger partial charge < -0.3 is 10.4 Å². The maximum Gasteiger partial charge on any atom is 0.343 e. The van der Waals surface area contributed by atoms with E-state index in [1.165, 1.54) is 10.8 Å². The standard InChI is InChI=1S/C9H6F4N2O4/c10-3-1-4(11)7(13)8(6(3)12)14-9(18)15-19-2-5(16)17/h1H,2H2,(H,16,17)(H2,14,15,18). The number of anilines is 1. The minimum Gasteiger partial charge on any atom is -0.479 e. The van der Waals surface area contributed by atoms with Gasteiger partial charge in [-0.3, -0.25) is 4.84 Å². The van der Waals surface area contributed by atoms with Gasteiger partial charge in [0, 0.05) is 6.07 Å². The lowest BCUT2D eigenvalue weighted by molar-refractivity contribution is -0.143. The number of hydrogen-bond acceptors (Lipinski definition) is 3. The van der Waals surface area contributed by atoms with E-state index >= 15 is 0 Å². The third-order valence-electron chi connectivity index (χ3n) is 1.71. The fourth-order valence-corrected chi connectivity index (χ4v) is 0.985. The van der Waals surface area contributed by atoms with Crippen molar-refractivity contribution < 1.29 is 37.1 Å². The lowest BCUT2D eigenvalue weighted by atomic mass is 10.2. The van der Waals surface area contributed by atoms with Gasteiger partial charge in [-0.25, -0.2) is 32.6 Å². The summed E-state index contributed by atoms with van der Waals surface area (Å²) in [5.74, 6) is -8.46. The van der Waals surface area contributed by atoms with Crippen molar-refractivity contribution in [2.45, 2.75) is 0 Å². The van der Waals surface area contributed by atoms with Crippen LogP contribution in [-0.2, 0) is 9.63 Å². The zero-order valence-electron chi connectivity index (χ0n) is 8.97. The topological polar surface area (TPSA) is 87.7 Å². The van der Waals surface area contributed by atoms with Crippen LogP contribution in [0.4, 0.5) is 28.0 Å². The van der Waals surface area contributed by atoms with Crippen molar-refractivity contribution in [2.24, 2.45) is 0 Å². The monoisotopic (exact) mass is 282 g/mol. The Balaban J connectivity index is 2.77. The number of hydroxylamine groups is 1. The van der Waals surface area contributed by atoms with Gasteiger partial charge in [-0.15, -0.1) is 0 Å². The van der Waals surface area contributed by atoms with Crippen LogP contribution in [0.2, 0.25) is 0 Å². The summed E-state index contributed by atoms with van der Waals surface area (Å²) in [7, 11) is 0. The first kappa shape index (κ1) is 14.7. The molecule has 0 aliphatic carbocycles. The maximum atomic E-state index is 13.1. The molecule has 104 valence electrons. The molecule has 10 heteroatoms. The molecule has 0 saturated carbocycles. The molecule has 0 aliphatic heterocycles. The van der Waals surface area contributed by atoms with Crippen LogP contribution in [0.1, 0.15) is 0 Å². The molecule has 0 aromatic heterocycles. The van der Waals surface area contributed by atoms with Crippen LogP contribution in [-0.4, -0.2) is 23.7 Å². The number of halogens is 4. The summed E-state index contributed by atoms with van der Waals surface area (Å²) in [6.07, 6.45) is 0. The fraction of sp³-hybridized carbons (Fsp3) is 0.111. The van der Waals surface area contributed by atoms with E-state index in [9.17, 15) is 27.2 Å². The van der Waals surface area contributed by atoms with Crippen molar-refractivity contribution in [3.63, 3.8) is 0 Å². The first-order valence-electron chi connectivity index (χ1n) is 4.56. The first-order valence-corrected chi connectivity index (χ1v) is 4.56. The quantitative estimate of drug-likeness (QED) is 0.442. The second kappa shape index (κ2) is 6.00. The largest absolute Gasteiger partial charge is 0.479 e. The Bertz CT molecular complexity index is 497. The highest BCUT2D eigenvalue weighted by atomic mass is 19.2. The van der Waals surface area contributed by atoms with E-state index in [0.717, 1.165) is 0 Å². The van der Waals surface area contributed by atoms with E-state index in [1.807, 2.05) is 0 Å². The summed E-state index contributed by atoms with van der Waals surface area (Å²) < 4.78 is 51.7. The molecule has 1 rings (SSSR count). The molecule has 0 saturated heterocycles. The number of amides is 2. The molecule has 2 amide bonds. The molecule has 0 atom stereocenters. The van der Waals surface area contributed by atoms with Gasteiger partial charge in [0.25, 0.3) is 0 Å². The molecule has 0 radical (unpaired) electrons. The van der Waals surface area contributed by atoms with Gasteiger partial charge in [0.1, 0.15) is 5.69 Å². The van der Waals surface area contributed by atoms with Crippen LogP contribution in [0.15, 0.2) is 6.07 Å². The maximum absolute atomic E-state index is 13.1. The third-order valence-corrected chi connectivity index (χ3v) is 1.71. The number of urea groups is 1. The number of carbonyl (C=O) groups excluding carboxylic acids is 1. The van der Waals surface area contributed by atoms with E-state index < -0.39 is 47.6 Å². The minimum absolute atomic E-state index is 0.0331. The molecule has 0 spiro atoms. The SMILES string of the molecule is O=C(O)CONC(=O)Nc1c(F)c(F)cc(F)c1F. The Hall–Kier alpha value is -2.36. The number of carboxylic acids is 1. The summed E-state index contributed by atoms with van der Waals surface area (Å²) >= 11 is 0. The second-order valence-electron chi connectivity index (χ2n) is 3.08. The summed E-state index contributed by atoms with van der Waals surface area (Å²) in [5.41, 5.74) is 0.0800. The Morgan fingerprint density at radius 3 is 2.16 bits per heavy atom. The van der Waals surface area contributed by atoms with Gasteiger partial charge in [-0.05, 0) is 0 Å². The molecule has 0 heterocycles. The predicted octanol–water partition coefficient (Wildman–Crippen LogP) is 1.38. The van der Waals surface area contributed by atoms with Crippen molar-refractivity contribution in [2.75, 3.05) is 11.9 Å². The van der Waals surface area contributed by atoms with Gasteiger partial charge in [0.15, 0.2) is 29.9 Å². The molecule has 0 fully saturated rings. The zero-order valence-corrected chi connectivity index (χ0v) is 8.97. The highest BCUT2D eigenvalue weighted by Gasteiger charge is 2.20. The Labute approximate surface area is 102 Å². The highest BCUT2D eigenvalue weighted by Crippen LogP contribution is 2.23. The number of carboxylic acid groups (broad SMARTS) is 1. The van der Waals surface area contributed by atoms with Crippen LogP contribution in [0.5, 0.6) is 0 Å². The normalized spacial score (nSPS) is 10.1. The van der Waals surface area contributed by atoms with Crippen molar-refractivity contribution >= 4 is 17.7 Å². The van der Waals surface area contributed by atoms with E-state index in [-0.39, 0.29) is 6.07 Å². The van der Waals surface area contributed by atoms with Gasteiger partial charge in [0.05, 0.1) is 0 Å². The predicted molar refractivity (Wildman–Crippen MR) is 52.0 cm³/mol. The Morgan fingerprint density at radius 1 is 1.16 bits per heavy atom. The van der Waals surface area contributed by atoms with Gasteiger partial charge >= 0.3 is 12.0 Å². The molecule has 1 aromatic carbocycles. The van der Waals surface area contributed by atoms with Crippen LogP contribution >= 0.6 is 0 Å². The van der Waals surface area contributed by atoms with Crippen LogP contribution < -0.4 is 10.8 Å². The third kappa shape index (κ3) is 3.81. The number of nitrogens with one attached hydrogen (secondary N) is 2. The molecule has 0 unspecified atom stereocenters. The summed E-state index contributed by atoms with van der Waals surface area (Å²) in [6, 6.07) is -1.45. The summed E-state index contributed by atoms with van der Waals surface area (Å²) in [5, 5.41) is 9.60. The van der Waals surface area contributed by atoms with E-state index in [0.29, 0.717) is 0 Å². The molecular weight excluding hydrogens is 276 g/mol. The number of hydrogen-bond donors (Lipinski definition) is 3. The Kier molecular flexibility index (Phi) is 4.64. The lowest BCUT2D eigenvalue weighted by Gasteiger charge is -2.09. The molecule has 19 heavy (non-hydrogen) atoms. The van der Waals surface area contributed by atoms with Gasteiger partial charge in [-0.1, -0.05) is 0 Å². The number of aliphatic carboxylic acids is 1. The van der Waals surface area contributed by atoms with Gasteiger partial charge in [-0.2, -0.15) is 0 Å². The summed E-state index contributed by atoms with van der Waals surface area (Å²) in [4.78, 5) is 25.1. The molecule has 1 aromatic rings. The average molecular weight is 282 g/mol. The van der Waals surface area contributed by atoms with Crippen LogP contribution in [0, 0.1) is 23.3 Å². The second-order valence-corrected chi connectivity index (χ2v) is 3.08. The lowest BCUT2D eigenvalue weighted by Crippen LogP contribution is -2.31. The smallest absolute Gasteiger partial charge is 0.343 e. The van der Waals surface area contributed by atoms with Crippen molar-refractivity contribution in [1.82, 2.24) is 5.48 Å². The molecular formula is C9H6F4N2O4. The molecule has 3 N–H and O–H groups in total.